The highest BCUT2D eigenvalue weighted by Crippen LogP contribution is 2.33. The first-order valence-electron chi connectivity index (χ1n) is 3.97. The van der Waals surface area contributed by atoms with Gasteiger partial charge in [-0.1, -0.05) is 35.5 Å². The molecule has 1 aliphatic carbocycles. The lowest BCUT2D eigenvalue weighted by atomic mass is 10.3. The molecule has 2 heteroatoms. The van der Waals surface area contributed by atoms with Crippen molar-refractivity contribution >= 4 is 18.5 Å². The van der Waals surface area contributed by atoms with E-state index in [-0.39, 0.29) is 0 Å². The summed E-state index contributed by atoms with van der Waals surface area (Å²) in [5.74, 6) is 0. The lowest BCUT2D eigenvalue weighted by Crippen LogP contribution is -2.20. The second kappa shape index (κ2) is 2.80. The second-order valence-electron chi connectivity index (χ2n) is 3.80. The summed E-state index contributed by atoms with van der Waals surface area (Å²) in [5.41, 5.74) is 2.87. The van der Waals surface area contributed by atoms with Crippen LogP contribution in [-0.4, -0.2) is 7.38 Å². The van der Waals surface area contributed by atoms with Gasteiger partial charge in [-0.15, -0.1) is 0 Å². The summed E-state index contributed by atoms with van der Waals surface area (Å²) in [7, 11) is -1.53. The molecular weight excluding hydrogens is 172 g/mol. The van der Waals surface area contributed by atoms with Gasteiger partial charge in [0.25, 0.3) is 0 Å². The van der Waals surface area contributed by atoms with Crippen LogP contribution in [0.5, 0.6) is 0 Å². The van der Waals surface area contributed by atoms with Gasteiger partial charge in [0.1, 0.15) is 0 Å². The first-order valence-corrected chi connectivity index (χ1v) is 7.99. The van der Waals surface area contributed by atoms with Crippen molar-refractivity contribution in [1.29, 1.82) is 0 Å². The third-order valence-electron chi connectivity index (χ3n) is 2.11. The smallest absolute Gasteiger partial charge is 0.162 e. The van der Waals surface area contributed by atoms with Crippen LogP contribution in [0.2, 0.25) is 13.1 Å². The van der Waals surface area contributed by atoms with Gasteiger partial charge < -0.3 is 0 Å². The van der Waals surface area contributed by atoms with Crippen LogP contribution >= 0.6 is 11.1 Å². The van der Waals surface area contributed by atoms with Crippen LogP contribution in [0, 0.1) is 0 Å². The molecule has 0 N–H and O–H groups in total. The Morgan fingerprint density at radius 2 is 1.91 bits per heavy atom. The number of allylic oxidation sites excluding steroid dienone is 4. The van der Waals surface area contributed by atoms with Gasteiger partial charge in [-0.05, 0) is 20.3 Å². The standard InChI is InChI=1S/C9H15ClSi/c1-7-5-8(2)9(6-7)11(3,4)10/h5H,6H2,1-4H3. The quantitative estimate of drug-likeness (QED) is 0.434. The fourth-order valence-electron chi connectivity index (χ4n) is 1.61. The highest BCUT2D eigenvalue weighted by Gasteiger charge is 2.27. The Morgan fingerprint density at radius 3 is 2.09 bits per heavy atom. The van der Waals surface area contributed by atoms with Gasteiger partial charge in [0, 0.05) is 0 Å². The van der Waals surface area contributed by atoms with Crippen LogP contribution in [0.3, 0.4) is 0 Å². The van der Waals surface area contributed by atoms with E-state index in [9.17, 15) is 0 Å². The van der Waals surface area contributed by atoms with Crippen molar-refractivity contribution in [3.05, 3.63) is 22.4 Å². The number of rotatable bonds is 1. The summed E-state index contributed by atoms with van der Waals surface area (Å²) in [6.07, 6.45) is 3.38. The molecule has 0 bridgehead atoms. The maximum atomic E-state index is 6.35. The van der Waals surface area contributed by atoms with Crippen molar-refractivity contribution < 1.29 is 0 Å². The average Bonchev–Trinajstić information content (AvgIpc) is 2.08. The molecule has 1 rings (SSSR count). The van der Waals surface area contributed by atoms with Crippen molar-refractivity contribution in [3.8, 4) is 0 Å². The van der Waals surface area contributed by atoms with Crippen molar-refractivity contribution in [2.24, 2.45) is 0 Å². The number of halogens is 1. The van der Waals surface area contributed by atoms with E-state index in [2.05, 4.69) is 33.0 Å². The molecule has 0 aromatic heterocycles. The monoisotopic (exact) mass is 186 g/mol. The van der Waals surface area contributed by atoms with E-state index >= 15 is 0 Å². The molecule has 0 atom stereocenters. The number of hydrogen-bond donors (Lipinski definition) is 0. The maximum absolute atomic E-state index is 6.35. The Labute approximate surface area is 74.7 Å². The zero-order chi connectivity index (χ0) is 8.65. The van der Waals surface area contributed by atoms with Crippen LogP contribution < -0.4 is 0 Å². The molecule has 0 unspecified atom stereocenters. The average molecular weight is 187 g/mol. The predicted octanol–water partition coefficient (Wildman–Crippen LogP) is 3.64. The fourth-order valence-corrected chi connectivity index (χ4v) is 3.96. The van der Waals surface area contributed by atoms with E-state index in [1.54, 1.807) is 0 Å². The minimum Gasteiger partial charge on any atom is -0.162 e. The minimum atomic E-state index is -1.53. The minimum absolute atomic E-state index is 1.12. The highest BCUT2D eigenvalue weighted by molar-refractivity contribution is 7.23. The molecule has 0 aromatic rings. The molecule has 0 nitrogen and oxygen atoms in total. The summed E-state index contributed by atoms with van der Waals surface area (Å²) in [6, 6.07) is 0. The summed E-state index contributed by atoms with van der Waals surface area (Å²) < 4.78 is 0. The Morgan fingerprint density at radius 1 is 1.36 bits per heavy atom. The normalized spacial score (nSPS) is 19.2. The highest BCUT2D eigenvalue weighted by atomic mass is 35.6. The van der Waals surface area contributed by atoms with Gasteiger partial charge in [-0.25, -0.2) is 0 Å². The molecular formula is C9H15ClSi. The summed E-state index contributed by atoms with van der Waals surface area (Å²) in [6.45, 7) is 8.73. The van der Waals surface area contributed by atoms with Crippen LogP contribution in [-0.2, 0) is 0 Å². The van der Waals surface area contributed by atoms with Crippen molar-refractivity contribution in [3.63, 3.8) is 0 Å². The first kappa shape index (κ1) is 9.08. The molecule has 0 saturated carbocycles. The Balaban J connectivity index is 2.88. The second-order valence-corrected chi connectivity index (χ2v) is 10.2. The van der Waals surface area contributed by atoms with E-state index in [1.165, 1.54) is 16.3 Å². The van der Waals surface area contributed by atoms with E-state index in [1.807, 2.05) is 0 Å². The molecule has 0 radical (unpaired) electrons. The molecule has 0 saturated heterocycles. The zero-order valence-electron chi connectivity index (χ0n) is 7.66. The third-order valence-corrected chi connectivity index (χ3v) is 4.80. The van der Waals surface area contributed by atoms with Crippen LogP contribution in [0.15, 0.2) is 22.4 Å². The van der Waals surface area contributed by atoms with Crippen molar-refractivity contribution in [2.75, 3.05) is 0 Å². The lowest BCUT2D eigenvalue weighted by Gasteiger charge is -2.16. The Bertz CT molecular complexity index is 230. The predicted molar refractivity (Wildman–Crippen MR) is 54.4 cm³/mol. The van der Waals surface area contributed by atoms with Gasteiger partial charge in [0.2, 0.25) is 0 Å². The summed E-state index contributed by atoms with van der Waals surface area (Å²) in [4.78, 5) is 0. The fraction of sp³-hybridized carbons (Fsp3) is 0.556. The van der Waals surface area contributed by atoms with E-state index in [0.29, 0.717) is 0 Å². The van der Waals surface area contributed by atoms with Gasteiger partial charge in [0.15, 0.2) is 7.38 Å². The van der Waals surface area contributed by atoms with E-state index < -0.39 is 7.38 Å². The van der Waals surface area contributed by atoms with Gasteiger partial charge in [-0.2, -0.15) is 11.1 Å². The van der Waals surface area contributed by atoms with Crippen molar-refractivity contribution in [1.82, 2.24) is 0 Å². The van der Waals surface area contributed by atoms with Gasteiger partial charge in [-0.3, -0.25) is 0 Å². The van der Waals surface area contributed by atoms with Crippen LogP contribution in [0.1, 0.15) is 20.3 Å². The molecule has 0 spiro atoms. The van der Waals surface area contributed by atoms with E-state index in [4.69, 9.17) is 11.1 Å². The number of hydrogen-bond acceptors (Lipinski definition) is 0. The Kier molecular flexibility index (Phi) is 2.31. The van der Waals surface area contributed by atoms with Crippen LogP contribution in [0.25, 0.3) is 0 Å². The van der Waals surface area contributed by atoms with Crippen molar-refractivity contribution in [2.45, 2.75) is 33.4 Å². The van der Waals surface area contributed by atoms with E-state index in [0.717, 1.165) is 6.42 Å². The topological polar surface area (TPSA) is 0 Å². The van der Waals surface area contributed by atoms with Gasteiger partial charge in [0.05, 0.1) is 0 Å². The summed E-state index contributed by atoms with van der Waals surface area (Å²) >= 11 is 6.35. The molecule has 0 amide bonds. The van der Waals surface area contributed by atoms with Gasteiger partial charge >= 0.3 is 0 Å². The SMILES string of the molecule is CC1=CC(C)=C([Si](C)(C)Cl)C1. The lowest BCUT2D eigenvalue weighted by molar-refractivity contribution is 1.21. The maximum Gasteiger partial charge on any atom is 0.177 e. The molecule has 0 aromatic carbocycles. The third kappa shape index (κ3) is 1.97. The molecule has 62 valence electrons. The largest absolute Gasteiger partial charge is 0.177 e. The molecule has 0 aliphatic heterocycles. The molecule has 1 aliphatic rings. The zero-order valence-corrected chi connectivity index (χ0v) is 9.42. The molecule has 0 fully saturated rings. The molecule has 11 heavy (non-hydrogen) atoms. The Hall–Kier alpha value is -0.0131. The molecule has 0 heterocycles. The van der Waals surface area contributed by atoms with Crippen LogP contribution in [0.4, 0.5) is 0 Å². The first-order chi connectivity index (χ1) is 4.91. The summed E-state index contributed by atoms with van der Waals surface area (Å²) in [5, 5.41) is 1.51.